The second kappa shape index (κ2) is 7.38. The highest BCUT2D eigenvalue weighted by molar-refractivity contribution is 6.30. The fraction of sp³-hybridized carbons (Fsp3) is 0.217. The van der Waals surface area contributed by atoms with E-state index in [4.69, 9.17) is 16.6 Å². The average Bonchev–Trinajstić information content (AvgIpc) is 3.36. The zero-order valence-corrected chi connectivity index (χ0v) is 16.2. The fourth-order valence-electron chi connectivity index (χ4n) is 4.06. The minimum atomic E-state index is 0.326. The highest BCUT2D eigenvalue weighted by Crippen LogP contribution is 2.33. The summed E-state index contributed by atoms with van der Waals surface area (Å²) in [5.41, 5.74) is 5.73. The van der Waals surface area contributed by atoms with Gasteiger partial charge in [-0.2, -0.15) is 0 Å². The van der Waals surface area contributed by atoms with Gasteiger partial charge < -0.3 is 4.98 Å². The summed E-state index contributed by atoms with van der Waals surface area (Å²) in [6.45, 7) is 2.01. The van der Waals surface area contributed by atoms with E-state index in [0.29, 0.717) is 6.04 Å². The van der Waals surface area contributed by atoms with Gasteiger partial charge in [0, 0.05) is 24.0 Å². The lowest BCUT2D eigenvalue weighted by Gasteiger charge is -2.22. The lowest BCUT2D eigenvalue weighted by atomic mass is 10.1. The third-order valence-electron chi connectivity index (χ3n) is 5.49. The van der Waals surface area contributed by atoms with Crippen molar-refractivity contribution in [3.8, 4) is 11.1 Å². The highest BCUT2D eigenvalue weighted by atomic mass is 35.5. The normalized spacial score (nSPS) is 17.4. The molecule has 0 bridgehead atoms. The molecule has 1 fully saturated rings. The molecule has 0 saturated carbocycles. The number of benzene rings is 2. The molecule has 140 valence electrons. The van der Waals surface area contributed by atoms with Gasteiger partial charge in [0.05, 0.1) is 17.1 Å². The molecule has 0 aliphatic carbocycles. The van der Waals surface area contributed by atoms with Crippen LogP contribution in [0.25, 0.3) is 22.2 Å². The van der Waals surface area contributed by atoms with Gasteiger partial charge in [-0.25, -0.2) is 4.98 Å². The zero-order chi connectivity index (χ0) is 18.9. The highest BCUT2D eigenvalue weighted by Gasteiger charge is 2.28. The maximum atomic E-state index is 6.02. The maximum absolute atomic E-state index is 6.02. The lowest BCUT2D eigenvalue weighted by Crippen LogP contribution is -2.23. The van der Waals surface area contributed by atoms with Crippen molar-refractivity contribution in [3.05, 3.63) is 83.4 Å². The molecule has 1 atom stereocenters. The number of aromatic amines is 1. The number of halogens is 1. The van der Waals surface area contributed by atoms with Crippen molar-refractivity contribution >= 4 is 22.6 Å². The Hall–Kier alpha value is -2.69. The maximum Gasteiger partial charge on any atom is 0.124 e. The average molecular weight is 389 g/mol. The molecule has 1 unspecified atom stereocenters. The SMILES string of the molecule is Clc1ccc(CN2CCCC2c2nc3ccc(-c4ccncc4)cc3[nH]2)cc1. The molecule has 1 aliphatic rings. The van der Waals surface area contributed by atoms with Crippen LogP contribution in [-0.2, 0) is 6.54 Å². The van der Waals surface area contributed by atoms with Crippen molar-refractivity contribution in [2.24, 2.45) is 0 Å². The quantitative estimate of drug-likeness (QED) is 0.493. The summed E-state index contributed by atoms with van der Waals surface area (Å²) < 4.78 is 0. The fourth-order valence-corrected chi connectivity index (χ4v) is 4.19. The van der Waals surface area contributed by atoms with E-state index in [1.807, 2.05) is 36.7 Å². The number of hydrogen-bond donors (Lipinski definition) is 1. The van der Waals surface area contributed by atoms with Crippen LogP contribution in [0.3, 0.4) is 0 Å². The molecular weight excluding hydrogens is 368 g/mol. The molecule has 0 amide bonds. The van der Waals surface area contributed by atoms with Crippen LogP contribution in [0.5, 0.6) is 0 Å². The second-order valence-corrected chi connectivity index (χ2v) is 7.78. The number of nitrogens with zero attached hydrogens (tertiary/aromatic N) is 3. The van der Waals surface area contributed by atoms with E-state index in [1.165, 1.54) is 23.1 Å². The van der Waals surface area contributed by atoms with E-state index < -0.39 is 0 Å². The monoisotopic (exact) mass is 388 g/mol. The Morgan fingerprint density at radius 3 is 2.64 bits per heavy atom. The summed E-state index contributed by atoms with van der Waals surface area (Å²) in [6.07, 6.45) is 5.97. The molecule has 2 aromatic carbocycles. The van der Waals surface area contributed by atoms with Gasteiger partial charge in [0.1, 0.15) is 5.82 Å². The predicted molar refractivity (Wildman–Crippen MR) is 113 cm³/mol. The number of rotatable bonds is 4. The van der Waals surface area contributed by atoms with Crippen molar-refractivity contribution in [2.75, 3.05) is 6.54 Å². The van der Waals surface area contributed by atoms with E-state index in [2.05, 4.69) is 45.2 Å². The van der Waals surface area contributed by atoms with Crippen molar-refractivity contribution in [2.45, 2.75) is 25.4 Å². The first-order chi connectivity index (χ1) is 13.8. The summed E-state index contributed by atoms with van der Waals surface area (Å²) in [5, 5.41) is 0.781. The topological polar surface area (TPSA) is 44.8 Å². The summed E-state index contributed by atoms with van der Waals surface area (Å²) >= 11 is 6.02. The Balaban J connectivity index is 1.42. The molecule has 28 heavy (non-hydrogen) atoms. The molecule has 1 saturated heterocycles. The number of nitrogens with one attached hydrogen (secondary N) is 1. The van der Waals surface area contributed by atoms with Crippen LogP contribution in [0.4, 0.5) is 0 Å². The van der Waals surface area contributed by atoms with E-state index in [1.54, 1.807) is 0 Å². The molecule has 1 aliphatic heterocycles. The molecule has 0 spiro atoms. The van der Waals surface area contributed by atoms with Gasteiger partial charge in [-0.1, -0.05) is 29.8 Å². The zero-order valence-electron chi connectivity index (χ0n) is 15.5. The van der Waals surface area contributed by atoms with Crippen LogP contribution in [0.15, 0.2) is 67.0 Å². The van der Waals surface area contributed by atoms with Crippen molar-refractivity contribution < 1.29 is 0 Å². The molecule has 4 aromatic rings. The Kier molecular flexibility index (Phi) is 4.59. The van der Waals surface area contributed by atoms with E-state index in [9.17, 15) is 0 Å². The lowest BCUT2D eigenvalue weighted by molar-refractivity contribution is 0.241. The number of hydrogen-bond acceptors (Lipinski definition) is 3. The number of aromatic nitrogens is 3. The molecule has 0 radical (unpaired) electrons. The Labute approximate surface area is 169 Å². The Bertz CT molecular complexity index is 1090. The molecule has 2 aromatic heterocycles. The first-order valence-electron chi connectivity index (χ1n) is 9.65. The van der Waals surface area contributed by atoms with Crippen molar-refractivity contribution in [1.82, 2.24) is 19.9 Å². The minimum absolute atomic E-state index is 0.326. The van der Waals surface area contributed by atoms with Gasteiger partial charge in [0.15, 0.2) is 0 Å². The Morgan fingerprint density at radius 1 is 1.00 bits per heavy atom. The summed E-state index contributed by atoms with van der Waals surface area (Å²) in [7, 11) is 0. The summed E-state index contributed by atoms with van der Waals surface area (Å²) in [5.74, 6) is 1.06. The molecular formula is C23H21ClN4. The first-order valence-corrected chi connectivity index (χ1v) is 10.0. The second-order valence-electron chi connectivity index (χ2n) is 7.34. The van der Waals surface area contributed by atoms with Crippen LogP contribution >= 0.6 is 11.6 Å². The first kappa shape index (κ1) is 17.4. The van der Waals surface area contributed by atoms with Gasteiger partial charge in [-0.3, -0.25) is 9.88 Å². The number of fused-ring (bicyclic) bond motifs is 1. The third kappa shape index (κ3) is 3.41. The minimum Gasteiger partial charge on any atom is -0.341 e. The molecule has 1 N–H and O–H groups in total. The van der Waals surface area contributed by atoms with Crippen LogP contribution in [0.2, 0.25) is 5.02 Å². The van der Waals surface area contributed by atoms with Gasteiger partial charge in [0.2, 0.25) is 0 Å². The summed E-state index contributed by atoms with van der Waals surface area (Å²) in [6, 6.07) is 18.9. The molecule has 5 rings (SSSR count). The van der Waals surface area contributed by atoms with Crippen LogP contribution in [-0.4, -0.2) is 26.4 Å². The van der Waals surface area contributed by atoms with Crippen LogP contribution in [0.1, 0.15) is 30.3 Å². The van der Waals surface area contributed by atoms with Crippen LogP contribution in [0, 0.1) is 0 Å². The van der Waals surface area contributed by atoms with E-state index in [0.717, 1.165) is 41.4 Å². The standard InChI is InChI=1S/C23H21ClN4/c24-19-6-3-16(4-7-19)15-28-13-1-2-22(28)23-26-20-8-5-18(14-21(20)27-23)17-9-11-25-12-10-17/h3-12,14,22H,1-2,13,15H2,(H,26,27). The number of pyridine rings is 1. The van der Waals surface area contributed by atoms with Gasteiger partial charge in [-0.15, -0.1) is 0 Å². The van der Waals surface area contributed by atoms with Gasteiger partial charge >= 0.3 is 0 Å². The summed E-state index contributed by atoms with van der Waals surface area (Å²) in [4.78, 5) is 15.1. The largest absolute Gasteiger partial charge is 0.341 e. The van der Waals surface area contributed by atoms with Crippen molar-refractivity contribution in [3.63, 3.8) is 0 Å². The molecule has 3 heterocycles. The molecule has 5 heteroatoms. The number of imidazole rings is 1. The number of likely N-dealkylation sites (tertiary alicyclic amines) is 1. The van der Waals surface area contributed by atoms with Gasteiger partial charge in [0.25, 0.3) is 0 Å². The third-order valence-corrected chi connectivity index (χ3v) is 5.74. The predicted octanol–water partition coefficient (Wildman–Crippen LogP) is 5.62. The van der Waals surface area contributed by atoms with E-state index in [-0.39, 0.29) is 0 Å². The van der Waals surface area contributed by atoms with Crippen molar-refractivity contribution in [1.29, 1.82) is 0 Å². The van der Waals surface area contributed by atoms with Crippen LogP contribution < -0.4 is 0 Å². The Morgan fingerprint density at radius 2 is 1.82 bits per heavy atom. The number of H-pyrrole nitrogens is 1. The van der Waals surface area contributed by atoms with E-state index >= 15 is 0 Å². The molecule has 4 nitrogen and oxygen atoms in total. The van der Waals surface area contributed by atoms with Gasteiger partial charge in [-0.05, 0) is 72.5 Å². The smallest absolute Gasteiger partial charge is 0.124 e.